The van der Waals surface area contributed by atoms with E-state index in [2.05, 4.69) is 15.6 Å². The number of ether oxygens (including phenoxy) is 1. The molecule has 6 nitrogen and oxygen atoms in total. The molecule has 0 heterocycles. The molecule has 1 aromatic rings. The lowest BCUT2D eigenvalue weighted by molar-refractivity contribution is 0.321. The van der Waals surface area contributed by atoms with E-state index in [1.807, 2.05) is 0 Å². The zero-order valence-corrected chi connectivity index (χ0v) is 13.8. The van der Waals surface area contributed by atoms with Gasteiger partial charge in [-0.25, -0.2) is 8.42 Å². The Hall–Kier alpha value is -1.76. The van der Waals surface area contributed by atoms with Crippen molar-refractivity contribution in [1.29, 1.82) is 0 Å². The van der Waals surface area contributed by atoms with Gasteiger partial charge in [-0.15, -0.1) is 0 Å². The van der Waals surface area contributed by atoms with Crippen molar-refractivity contribution in [2.75, 3.05) is 33.0 Å². The summed E-state index contributed by atoms with van der Waals surface area (Å²) in [5.41, 5.74) is 0. The van der Waals surface area contributed by atoms with Gasteiger partial charge in [0.15, 0.2) is 15.8 Å². The van der Waals surface area contributed by atoms with Gasteiger partial charge in [0.1, 0.15) is 12.4 Å². The van der Waals surface area contributed by atoms with E-state index in [0.717, 1.165) is 18.4 Å². The highest BCUT2D eigenvalue weighted by Crippen LogP contribution is 2.27. The fourth-order valence-corrected chi connectivity index (χ4v) is 2.54. The Balaban J connectivity index is 1.69. The van der Waals surface area contributed by atoms with Crippen LogP contribution in [-0.2, 0) is 9.84 Å². The lowest BCUT2D eigenvalue weighted by Crippen LogP contribution is -2.40. The van der Waals surface area contributed by atoms with Gasteiger partial charge in [-0.3, -0.25) is 4.99 Å². The molecule has 2 rings (SSSR count). The van der Waals surface area contributed by atoms with Gasteiger partial charge in [0.2, 0.25) is 0 Å². The normalized spacial score (nSPS) is 15.5. The van der Waals surface area contributed by atoms with Gasteiger partial charge in [-0.1, -0.05) is 0 Å². The van der Waals surface area contributed by atoms with Gasteiger partial charge in [0.25, 0.3) is 0 Å². The highest BCUT2D eigenvalue weighted by Gasteiger charge is 2.20. The third-order valence-corrected chi connectivity index (χ3v) is 4.52. The molecule has 0 atom stereocenters. The number of benzene rings is 1. The van der Waals surface area contributed by atoms with Crippen molar-refractivity contribution in [3.05, 3.63) is 24.3 Å². The van der Waals surface area contributed by atoms with Gasteiger partial charge in [0, 0.05) is 19.8 Å². The van der Waals surface area contributed by atoms with Crippen LogP contribution in [0.4, 0.5) is 0 Å². The molecule has 1 aromatic carbocycles. The molecule has 0 bridgehead atoms. The standard InChI is InChI=1S/C15H23N3O3S/c1-16-15(18-11-12-3-4-12)17-9-10-21-13-5-7-14(8-6-13)22(2,19)20/h5-8,12H,3-4,9-11H2,1-2H3,(H2,16,17,18). The predicted molar refractivity (Wildman–Crippen MR) is 87.1 cm³/mol. The van der Waals surface area contributed by atoms with E-state index in [9.17, 15) is 8.42 Å². The first kappa shape index (κ1) is 16.6. The fraction of sp³-hybridized carbons (Fsp3) is 0.533. The first-order chi connectivity index (χ1) is 10.5. The number of rotatable bonds is 7. The van der Waals surface area contributed by atoms with Crippen LogP contribution in [-0.4, -0.2) is 47.4 Å². The Morgan fingerprint density at radius 2 is 1.95 bits per heavy atom. The summed E-state index contributed by atoms with van der Waals surface area (Å²) in [7, 11) is -1.42. The predicted octanol–water partition coefficient (Wildman–Crippen LogP) is 1.04. The number of nitrogens with zero attached hydrogens (tertiary/aromatic N) is 1. The average Bonchev–Trinajstić information content (AvgIpc) is 3.30. The molecule has 22 heavy (non-hydrogen) atoms. The van der Waals surface area contributed by atoms with Gasteiger partial charge >= 0.3 is 0 Å². The number of hydrogen-bond donors (Lipinski definition) is 2. The van der Waals surface area contributed by atoms with Crippen LogP contribution in [0.25, 0.3) is 0 Å². The molecule has 122 valence electrons. The van der Waals surface area contributed by atoms with E-state index in [-0.39, 0.29) is 0 Å². The van der Waals surface area contributed by atoms with E-state index in [1.54, 1.807) is 31.3 Å². The van der Waals surface area contributed by atoms with Crippen molar-refractivity contribution in [1.82, 2.24) is 10.6 Å². The third kappa shape index (κ3) is 5.55. The van der Waals surface area contributed by atoms with E-state index < -0.39 is 9.84 Å². The largest absolute Gasteiger partial charge is 0.492 e. The molecule has 7 heteroatoms. The minimum atomic E-state index is -3.16. The zero-order valence-electron chi connectivity index (χ0n) is 13.0. The van der Waals surface area contributed by atoms with E-state index in [0.29, 0.717) is 23.8 Å². The molecule has 0 spiro atoms. The molecule has 2 N–H and O–H groups in total. The second kappa shape index (κ2) is 7.49. The second-order valence-electron chi connectivity index (χ2n) is 5.42. The molecule has 1 fully saturated rings. The lowest BCUT2D eigenvalue weighted by atomic mass is 10.3. The second-order valence-corrected chi connectivity index (χ2v) is 7.43. The summed E-state index contributed by atoms with van der Waals surface area (Å²) < 4.78 is 28.3. The number of hydrogen-bond acceptors (Lipinski definition) is 4. The van der Waals surface area contributed by atoms with Gasteiger partial charge in [-0.2, -0.15) is 0 Å². The first-order valence-corrected chi connectivity index (χ1v) is 9.25. The number of aliphatic imine (C=N–C) groups is 1. The number of guanidine groups is 1. The Morgan fingerprint density at radius 1 is 1.27 bits per heavy atom. The zero-order chi connectivity index (χ0) is 16.0. The maximum atomic E-state index is 11.4. The summed E-state index contributed by atoms with van der Waals surface area (Å²) >= 11 is 0. The smallest absolute Gasteiger partial charge is 0.191 e. The fourth-order valence-electron chi connectivity index (χ4n) is 1.90. The average molecular weight is 325 g/mol. The van der Waals surface area contributed by atoms with Crippen LogP contribution in [0.1, 0.15) is 12.8 Å². The first-order valence-electron chi connectivity index (χ1n) is 7.36. The topological polar surface area (TPSA) is 79.8 Å². The Labute approximate surface area is 131 Å². The highest BCUT2D eigenvalue weighted by atomic mass is 32.2. The van der Waals surface area contributed by atoms with Crippen molar-refractivity contribution in [3.8, 4) is 5.75 Å². The van der Waals surface area contributed by atoms with Crippen molar-refractivity contribution in [3.63, 3.8) is 0 Å². The monoisotopic (exact) mass is 325 g/mol. The number of nitrogens with one attached hydrogen (secondary N) is 2. The maximum Gasteiger partial charge on any atom is 0.191 e. The lowest BCUT2D eigenvalue weighted by Gasteiger charge is -2.12. The molecule has 0 saturated heterocycles. The van der Waals surface area contributed by atoms with Gasteiger partial charge < -0.3 is 15.4 Å². The number of sulfone groups is 1. The van der Waals surface area contributed by atoms with E-state index in [4.69, 9.17) is 4.74 Å². The molecule has 1 aliphatic rings. The minimum Gasteiger partial charge on any atom is -0.492 e. The summed E-state index contributed by atoms with van der Waals surface area (Å²) in [4.78, 5) is 4.44. The SMILES string of the molecule is CN=C(NCCOc1ccc(S(C)(=O)=O)cc1)NCC1CC1. The van der Waals surface area contributed by atoms with Crippen molar-refractivity contribution in [2.45, 2.75) is 17.7 Å². The molecule has 1 aliphatic carbocycles. The molecular weight excluding hydrogens is 302 g/mol. The van der Waals surface area contributed by atoms with Crippen molar-refractivity contribution >= 4 is 15.8 Å². The molecule has 0 unspecified atom stereocenters. The molecule has 0 aliphatic heterocycles. The summed E-state index contributed by atoms with van der Waals surface area (Å²) in [5, 5.41) is 6.45. The van der Waals surface area contributed by atoms with Crippen molar-refractivity contribution < 1.29 is 13.2 Å². The summed E-state index contributed by atoms with van der Waals surface area (Å²) in [5.74, 6) is 2.22. The van der Waals surface area contributed by atoms with Crippen LogP contribution >= 0.6 is 0 Å². The minimum absolute atomic E-state index is 0.294. The van der Waals surface area contributed by atoms with Crippen LogP contribution in [0.15, 0.2) is 34.2 Å². The molecule has 0 aromatic heterocycles. The molecule has 1 saturated carbocycles. The van der Waals surface area contributed by atoms with Crippen LogP contribution < -0.4 is 15.4 Å². The van der Waals surface area contributed by atoms with Crippen LogP contribution in [0.5, 0.6) is 5.75 Å². The van der Waals surface area contributed by atoms with Crippen molar-refractivity contribution in [2.24, 2.45) is 10.9 Å². The Morgan fingerprint density at radius 3 is 2.50 bits per heavy atom. The van der Waals surface area contributed by atoms with Gasteiger partial charge in [-0.05, 0) is 43.0 Å². The summed E-state index contributed by atoms with van der Waals surface area (Å²) in [6.45, 7) is 2.06. The quantitative estimate of drug-likeness (QED) is 0.445. The molecule has 0 radical (unpaired) electrons. The molecule has 0 amide bonds. The van der Waals surface area contributed by atoms with E-state index in [1.165, 1.54) is 19.1 Å². The Kier molecular flexibility index (Phi) is 5.65. The maximum absolute atomic E-state index is 11.4. The summed E-state index contributed by atoms with van der Waals surface area (Å²) in [6, 6.07) is 6.43. The van der Waals surface area contributed by atoms with Crippen LogP contribution in [0, 0.1) is 5.92 Å². The summed E-state index contributed by atoms with van der Waals surface area (Å²) in [6.07, 6.45) is 3.79. The van der Waals surface area contributed by atoms with Gasteiger partial charge in [0.05, 0.1) is 11.4 Å². The molecular formula is C15H23N3O3S. The Bertz CT molecular complexity index is 607. The third-order valence-electron chi connectivity index (χ3n) is 3.39. The highest BCUT2D eigenvalue weighted by molar-refractivity contribution is 7.90. The van der Waals surface area contributed by atoms with E-state index >= 15 is 0 Å². The van der Waals surface area contributed by atoms with Crippen LogP contribution in [0.3, 0.4) is 0 Å². The van der Waals surface area contributed by atoms with Crippen LogP contribution in [0.2, 0.25) is 0 Å².